The molecule has 0 spiro atoms. The van der Waals surface area contributed by atoms with Crippen molar-refractivity contribution in [2.75, 3.05) is 25.1 Å². The van der Waals surface area contributed by atoms with Crippen LogP contribution in [-0.2, 0) is 12.8 Å². The number of fused-ring (bicyclic) bond motifs is 1. The number of aryl methyl sites for hydroxylation is 1. The van der Waals surface area contributed by atoms with E-state index in [9.17, 15) is 4.79 Å². The molecule has 1 aromatic heterocycles. The van der Waals surface area contributed by atoms with E-state index in [4.69, 9.17) is 4.74 Å². The predicted molar refractivity (Wildman–Crippen MR) is 115 cm³/mol. The highest BCUT2D eigenvalue weighted by atomic mass is 16.5. The minimum atomic E-state index is -0.112. The van der Waals surface area contributed by atoms with Gasteiger partial charge in [-0.25, -0.2) is 0 Å². The number of anilines is 2. The van der Waals surface area contributed by atoms with Crippen molar-refractivity contribution < 1.29 is 9.53 Å². The molecule has 148 valence electrons. The first-order chi connectivity index (χ1) is 14.3. The van der Waals surface area contributed by atoms with E-state index in [-0.39, 0.29) is 5.91 Å². The van der Waals surface area contributed by atoms with Crippen LogP contribution in [0.5, 0.6) is 5.75 Å². The third-order valence-corrected chi connectivity index (χ3v) is 5.28. The lowest BCUT2D eigenvalue weighted by Crippen LogP contribution is -2.27. The molecule has 4 rings (SSSR count). The molecule has 1 amide bonds. The number of benzene rings is 2. The highest BCUT2D eigenvalue weighted by molar-refractivity contribution is 5.95. The summed E-state index contributed by atoms with van der Waals surface area (Å²) in [7, 11) is 1.66. The Kier molecular flexibility index (Phi) is 5.75. The zero-order valence-corrected chi connectivity index (χ0v) is 16.6. The number of hydrogen-bond acceptors (Lipinski definition) is 4. The molecular formula is C24H25N3O2. The number of methoxy groups -OCH3 is 1. The van der Waals surface area contributed by atoms with E-state index in [0.717, 1.165) is 36.4 Å². The Balaban J connectivity index is 1.44. The van der Waals surface area contributed by atoms with E-state index in [1.54, 1.807) is 13.3 Å². The lowest BCUT2D eigenvalue weighted by Gasteiger charge is -2.31. The summed E-state index contributed by atoms with van der Waals surface area (Å²) in [6.07, 6.45) is 6.34. The molecule has 5 nitrogen and oxygen atoms in total. The number of aromatic nitrogens is 1. The number of nitrogens with one attached hydrogen (secondary N) is 1. The van der Waals surface area contributed by atoms with Gasteiger partial charge in [0.05, 0.1) is 24.6 Å². The van der Waals surface area contributed by atoms with Gasteiger partial charge in [-0.05, 0) is 48.6 Å². The molecule has 1 aliphatic rings. The van der Waals surface area contributed by atoms with Gasteiger partial charge in [0.1, 0.15) is 5.75 Å². The number of rotatable bonds is 6. The van der Waals surface area contributed by atoms with E-state index in [1.807, 2.05) is 36.5 Å². The highest BCUT2D eigenvalue weighted by Crippen LogP contribution is 2.33. The fourth-order valence-corrected chi connectivity index (χ4v) is 3.82. The number of para-hydroxylation sites is 2. The number of pyridine rings is 1. The number of ether oxygens (including phenoxy) is 1. The van der Waals surface area contributed by atoms with Crippen LogP contribution in [0.15, 0.2) is 67.0 Å². The van der Waals surface area contributed by atoms with Gasteiger partial charge in [0.2, 0.25) is 0 Å². The van der Waals surface area contributed by atoms with Gasteiger partial charge in [-0.3, -0.25) is 9.78 Å². The maximum Gasteiger partial charge on any atom is 0.252 e. The van der Waals surface area contributed by atoms with Crippen molar-refractivity contribution in [2.45, 2.75) is 19.3 Å². The molecule has 0 aliphatic carbocycles. The normalized spacial score (nSPS) is 12.9. The first kappa shape index (κ1) is 19.0. The van der Waals surface area contributed by atoms with Crippen LogP contribution in [0, 0.1) is 0 Å². The van der Waals surface area contributed by atoms with Gasteiger partial charge in [-0.1, -0.05) is 36.4 Å². The van der Waals surface area contributed by atoms with Crippen molar-refractivity contribution in [1.29, 1.82) is 0 Å². The van der Waals surface area contributed by atoms with Crippen LogP contribution in [0.4, 0.5) is 11.4 Å². The quantitative estimate of drug-likeness (QED) is 0.690. The molecule has 0 atom stereocenters. The molecule has 2 heterocycles. The largest absolute Gasteiger partial charge is 0.496 e. The topological polar surface area (TPSA) is 54.5 Å². The zero-order chi connectivity index (χ0) is 20.1. The molecule has 1 N–H and O–H groups in total. The van der Waals surface area contributed by atoms with Crippen LogP contribution in [-0.4, -0.2) is 31.1 Å². The van der Waals surface area contributed by atoms with Gasteiger partial charge in [0.15, 0.2) is 0 Å². The Morgan fingerprint density at radius 3 is 2.86 bits per heavy atom. The smallest absolute Gasteiger partial charge is 0.252 e. The molecule has 29 heavy (non-hydrogen) atoms. The number of carbonyl (C=O) groups excluding carboxylic acids is 1. The first-order valence-electron chi connectivity index (χ1n) is 9.97. The third kappa shape index (κ3) is 4.24. The average Bonchev–Trinajstić information content (AvgIpc) is 2.79. The van der Waals surface area contributed by atoms with E-state index >= 15 is 0 Å². The van der Waals surface area contributed by atoms with Crippen molar-refractivity contribution in [3.63, 3.8) is 0 Å². The molecule has 0 radical (unpaired) electrons. The Morgan fingerprint density at radius 1 is 1.14 bits per heavy atom. The second-order valence-corrected chi connectivity index (χ2v) is 7.13. The predicted octanol–water partition coefficient (Wildman–Crippen LogP) is 4.15. The molecule has 0 saturated heterocycles. The fourth-order valence-electron chi connectivity index (χ4n) is 3.82. The van der Waals surface area contributed by atoms with E-state index in [0.29, 0.717) is 18.5 Å². The van der Waals surface area contributed by atoms with Crippen molar-refractivity contribution >= 4 is 17.3 Å². The number of nitrogens with zero attached hydrogens (tertiary/aromatic N) is 2. The Hall–Kier alpha value is -3.34. The number of amides is 1. The molecule has 0 bridgehead atoms. The van der Waals surface area contributed by atoms with Crippen molar-refractivity contribution in [2.24, 2.45) is 0 Å². The van der Waals surface area contributed by atoms with Crippen LogP contribution in [0.1, 0.15) is 27.9 Å². The Bertz CT molecular complexity index is 1000. The van der Waals surface area contributed by atoms with Gasteiger partial charge in [0, 0.05) is 25.0 Å². The van der Waals surface area contributed by atoms with Gasteiger partial charge < -0.3 is 15.0 Å². The summed E-state index contributed by atoms with van der Waals surface area (Å²) in [5, 5.41) is 3.00. The molecule has 1 aliphatic heterocycles. The number of carbonyl (C=O) groups is 1. The van der Waals surface area contributed by atoms with Crippen molar-refractivity contribution in [3.05, 3.63) is 83.7 Å². The first-order valence-corrected chi connectivity index (χ1v) is 9.97. The van der Waals surface area contributed by atoms with E-state index in [1.165, 1.54) is 11.3 Å². The molecule has 0 unspecified atom stereocenters. The maximum absolute atomic E-state index is 12.7. The standard InChI is InChI=1S/C24H25N3O2/c1-29-23-11-5-3-8-19(23)12-13-26-24(28)20-15-21(17-25-16-20)27-14-6-9-18-7-2-4-10-22(18)27/h2-5,7-8,10-11,15-17H,6,9,12-14H2,1H3,(H,26,28). The monoisotopic (exact) mass is 387 g/mol. The molecule has 5 heteroatoms. The van der Waals surface area contributed by atoms with Gasteiger partial charge in [0.25, 0.3) is 5.91 Å². The summed E-state index contributed by atoms with van der Waals surface area (Å²) in [6, 6.07) is 18.2. The summed E-state index contributed by atoms with van der Waals surface area (Å²) >= 11 is 0. The average molecular weight is 387 g/mol. The van der Waals surface area contributed by atoms with Crippen molar-refractivity contribution in [3.8, 4) is 5.75 Å². The van der Waals surface area contributed by atoms with Crippen LogP contribution in [0.3, 0.4) is 0 Å². The molecule has 3 aromatic rings. The van der Waals surface area contributed by atoms with Gasteiger partial charge in [-0.2, -0.15) is 0 Å². The molecule has 2 aromatic carbocycles. The second kappa shape index (κ2) is 8.78. The molecular weight excluding hydrogens is 362 g/mol. The summed E-state index contributed by atoms with van der Waals surface area (Å²) in [5.41, 5.74) is 5.15. The SMILES string of the molecule is COc1ccccc1CCNC(=O)c1cncc(N2CCCc3ccccc32)c1. The van der Waals surface area contributed by atoms with E-state index in [2.05, 4.69) is 39.5 Å². The maximum atomic E-state index is 12.7. The van der Waals surface area contributed by atoms with Gasteiger partial charge >= 0.3 is 0 Å². The van der Waals surface area contributed by atoms with E-state index < -0.39 is 0 Å². The van der Waals surface area contributed by atoms with Crippen LogP contribution in [0.2, 0.25) is 0 Å². The third-order valence-electron chi connectivity index (χ3n) is 5.28. The van der Waals surface area contributed by atoms with Crippen LogP contribution >= 0.6 is 0 Å². The summed E-state index contributed by atoms with van der Waals surface area (Å²) < 4.78 is 5.37. The summed E-state index contributed by atoms with van der Waals surface area (Å²) in [5.74, 6) is 0.730. The molecule has 0 saturated carbocycles. The minimum Gasteiger partial charge on any atom is -0.496 e. The highest BCUT2D eigenvalue weighted by Gasteiger charge is 2.19. The van der Waals surface area contributed by atoms with Gasteiger partial charge in [-0.15, -0.1) is 0 Å². The Labute approximate surface area is 171 Å². The second-order valence-electron chi connectivity index (χ2n) is 7.13. The summed E-state index contributed by atoms with van der Waals surface area (Å²) in [4.78, 5) is 19.2. The van der Waals surface area contributed by atoms with Crippen LogP contribution < -0.4 is 15.0 Å². The summed E-state index contributed by atoms with van der Waals surface area (Å²) in [6.45, 7) is 1.47. The number of hydrogen-bond donors (Lipinski definition) is 1. The fraction of sp³-hybridized carbons (Fsp3) is 0.250. The zero-order valence-electron chi connectivity index (χ0n) is 16.6. The Morgan fingerprint density at radius 2 is 1.97 bits per heavy atom. The minimum absolute atomic E-state index is 0.112. The van der Waals surface area contributed by atoms with Crippen molar-refractivity contribution in [1.82, 2.24) is 10.3 Å². The lowest BCUT2D eigenvalue weighted by atomic mass is 10.0. The lowest BCUT2D eigenvalue weighted by molar-refractivity contribution is 0.0953. The van der Waals surface area contributed by atoms with Crippen LogP contribution in [0.25, 0.3) is 0 Å². The molecule has 0 fully saturated rings.